The molecule has 0 bridgehead atoms. The highest BCUT2D eigenvalue weighted by Crippen LogP contribution is 2.39. The summed E-state index contributed by atoms with van der Waals surface area (Å²) < 4.78 is 73.3. The summed E-state index contributed by atoms with van der Waals surface area (Å²) in [7, 11) is -3.65. The van der Waals surface area contributed by atoms with Crippen molar-refractivity contribution in [1.29, 1.82) is 5.41 Å². The second-order valence-electron chi connectivity index (χ2n) is 9.95. The molecular weight excluding hydrogens is 541 g/mol. The number of anilines is 1. The van der Waals surface area contributed by atoms with Crippen LogP contribution in [-0.4, -0.2) is 87.2 Å². The zero-order chi connectivity index (χ0) is 27.6. The topological polar surface area (TPSA) is 97.2 Å². The molecule has 210 valence electrons. The normalized spacial score (nSPS) is 23.3. The van der Waals surface area contributed by atoms with E-state index in [4.69, 9.17) is 10.1 Å². The Balaban J connectivity index is 1.53. The van der Waals surface area contributed by atoms with Crippen LogP contribution in [0.2, 0.25) is 0 Å². The molecule has 2 aliphatic heterocycles. The maximum absolute atomic E-state index is 13.3. The maximum Gasteiger partial charge on any atom is 0.421 e. The maximum atomic E-state index is 13.3. The monoisotopic (exact) mass is 574 g/mol. The van der Waals surface area contributed by atoms with Gasteiger partial charge in [0.1, 0.15) is 4.21 Å². The van der Waals surface area contributed by atoms with Gasteiger partial charge in [-0.25, -0.2) is 8.42 Å². The predicted molar refractivity (Wildman–Crippen MR) is 140 cm³/mol. The van der Waals surface area contributed by atoms with Crippen molar-refractivity contribution in [2.24, 2.45) is 5.92 Å². The second-order valence-corrected chi connectivity index (χ2v) is 13.1. The molecule has 0 saturated carbocycles. The first-order valence-corrected chi connectivity index (χ1v) is 14.8. The van der Waals surface area contributed by atoms with Crippen LogP contribution in [0.25, 0.3) is 0 Å². The summed E-state index contributed by atoms with van der Waals surface area (Å²) >= 11 is 1.17. The first kappa shape index (κ1) is 28.8. The van der Waals surface area contributed by atoms with Gasteiger partial charge in [-0.1, -0.05) is 18.2 Å². The number of hydrogen-bond donors (Lipinski definition) is 2. The molecule has 3 atom stereocenters. The molecule has 3 heterocycles. The molecule has 0 radical (unpaired) electrons. The van der Waals surface area contributed by atoms with Gasteiger partial charge < -0.3 is 19.6 Å². The number of thiophene rings is 1. The first-order chi connectivity index (χ1) is 17.9. The molecule has 2 aromatic rings. The fourth-order valence-electron chi connectivity index (χ4n) is 5.13. The highest BCUT2D eigenvalue weighted by molar-refractivity contribution is 7.91. The average Bonchev–Trinajstić information content (AvgIpc) is 3.57. The minimum Gasteiger partial charge on any atom is -0.484 e. The fraction of sp³-hybridized carbons (Fsp3) is 0.560. The Morgan fingerprint density at radius 2 is 1.89 bits per heavy atom. The third kappa shape index (κ3) is 6.17. The highest BCUT2D eigenvalue weighted by Gasteiger charge is 2.51. The molecule has 2 N–H and O–H groups in total. The number of alkyl halides is 3. The molecule has 2 fully saturated rings. The first-order valence-electron chi connectivity index (χ1n) is 12.5. The van der Waals surface area contributed by atoms with Gasteiger partial charge in [-0.15, -0.1) is 11.3 Å². The standard InChI is InChI=1S/C25H33F3N4O4S2/c1-24(33,25(26,27)28)20-4-6-21(7-5-20)32-12-11-31(38(34,35)23-3-2-14-37-23)17-22(32)16-30-10-8-19(15-30)9-13-36-18-29/h2-7,14,18-19,22,29,33H,8-13,15-17H2,1H3/t19-,22+,24+/m1/s1. The molecule has 0 unspecified atom stereocenters. The van der Waals surface area contributed by atoms with Crippen LogP contribution < -0.4 is 4.90 Å². The van der Waals surface area contributed by atoms with Gasteiger partial charge in [-0.3, -0.25) is 5.41 Å². The van der Waals surface area contributed by atoms with Gasteiger partial charge in [0.2, 0.25) is 0 Å². The third-order valence-corrected chi connectivity index (χ3v) is 10.7. The van der Waals surface area contributed by atoms with Crippen LogP contribution in [0.1, 0.15) is 25.3 Å². The van der Waals surface area contributed by atoms with Crippen molar-refractivity contribution in [2.45, 2.75) is 41.8 Å². The molecule has 0 spiro atoms. The number of rotatable bonds is 10. The molecule has 13 heteroatoms. The number of hydrogen-bond acceptors (Lipinski definition) is 8. The molecule has 1 aromatic heterocycles. The van der Waals surface area contributed by atoms with Gasteiger partial charge in [0.15, 0.2) is 12.0 Å². The Hall–Kier alpha value is -2.19. The zero-order valence-electron chi connectivity index (χ0n) is 21.1. The van der Waals surface area contributed by atoms with Gasteiger partial charge in [0.05, 0.1) is 12.6 Å². The SMILES string of the molecule is C[C@](O)(c1ccc(N2CCN(S(=O)(=O)c3cccs3)C[C@@H]2CN2CC[C@H](CCOC=N)C2)cc1)C(F)(F)F. The van der Waals surface area contributed by atoms with E-state index in [1.807, 2.05) is 0 Å². The molecule has 0 amide bonds. The van der Waals surface area contributed by atoms with Crippen molar-refractivity contribution in [1.82, 2.24) is 9.21 Å². The van der Waals surface area contributed by atoms with Crippen LogP contribution in [0.5, 0.6) is 0 Å². The molecule has 2 saturated heterocycles. The zero-order valence-corrected chi connectivity index (χ0v) is 22.7. The third-order valence-electron chi connectivity index (χ3n) is 7.41. The second kappa shape index (κ2) is 11.5. The summed E-state index contributed by atoms with van der Waals surface area (Å²) in [5, 5.41) is 18.8. The van der Waals surface area contributed by atoms with Crippen LogP contribution >= 0.6 is 11.3 Å². The van der Waals surface area contributed by atoms with Gasteiger partial charge in [0, 0.05) is 38.4 Å². The number of halogens is 3. The molecule has 2 aliphatic rings. The summed E-state index contributed by atoms with van der Waals surface area (Å²) in [4.78, 5) is 4.34. The van der Waals surface area contributed by atoms with E-state index < -0.39 is 21.8 Å². The van der Waals surface area contributed by atoms with E-state index in [-0.39, 0.29) is 28.9 Å². The minimum atomic E-state index is -4.81. The Labute approximate surface area is 225 Å². The lowest BCUT2D eigenvalue weighted by atomic mass is 9.95. The minimum absolute atomic E-state index is 0.218. The number of nitrogens with one attached hydrogen (secondary N) is 1. The van der Waals surface area contributed by atoms with Crippen LogP contribution in [0.3, 0.4) is 0 Å². The van der Waals surface area contributed by atoms with Crippen LogP contribution in [-0.2, 0) is 20.4 Å². The molecule has 4 rings (SSSR count). The van der Waals surface area contributed by atoms with Crippen molar-refractivity contribution in [3.8, 4) is 0 Å². The quantitative estimate of drug-likeness (QED) is 0.255. The Morgan fingerprint density at radius 1 is 1.16 bits per heavy atom. The van der Waals surface area contributed by atoms with E-state index in [0.717, 1.165) is 39.3 Å². The van der Waals surface area contributed by atoms with Gasteiger partial charge >= 0.3 is 6.18 Å². The van der Waals surface area contributed by atoms with Crippen molar-refractivity contribution >= 4 is 33.4 Å². The van der Waals surface area contributed by atoms with Gasteiger partial charge in [-0.2, -0.15) is 17.5 Å². The van der Waals surface area contributed by atoms with Crippen molar-refractivity contribution in [3.63, 3.8) is 0 Å². The van der Waals surface area contributed by atoms with E-state index in [0.29, 0.717) is 31.3 Å². The number of piperazine rings is 1. The summed E-state index contributed by atoms with van der Waals surface area (Å²) in [5.74, 6) is 0.418. The van der Waals surface area contributed by atoms with Crippen molar-refractivity contribution < 1.29 is 31.4 Å². The van der Waals surface area contributed by atoms with E-state index in [1.54, 1.807) is 29.6 Å². The largest absolute Gasteiger partial charge is 0.484 e. The average molecular weight is 575 g/mol. The van der Waals surface area contributed by atoms with E-state index >= 15 is 0 Å². The lowest BCUT2D eigenvalue weighted by molar-refractivity contribution is -0.258. The fourth-order valence-corrected chi connectivity index (χ4v) is 7.74. The van der Waals surface area contributed by atoms with Crippen molar-refractivity contribution in [3.05, 3.63) is 47.3 Å². The smallest absolute Gasteiger partial charge is 0.421 e. The van der Waals surface area contributed by atoms with E-state index in [9.17, 15) is 26.7 Å². The molecule has 0 aliphatic carbocycles. The summed E-state index contributed by atoms with van der Waals surface area (Å²) in [6.45, 7) is 4.38. The number of benzene rings is 1. The van der Waals surface area contributed by atoms with Crippen LogP contribution in [0, 0.1) is 11.3 Å². The van der Waals surface area contributed by atoms with Gasteiger partial charge in [0.25, 0.3) is 10.0 Å². The summed E-state index contributed by atoms with van der Waals surface area (Å²) in [6.07, 6.45) is -2.06. The van der Waals surface area contributed by atoms with E-state index in [2.05, 4.69) is 9.80 Å². The van der Waals surface area contributed by atoms with Crippen molar-refractivity contribution in [2.75, 3.05) is 50.8 Å². The summed E-state index contributed by atoms with van der Waals surface area (Å²) in [6, 6.07) is 8.77. The lowest BCUT2D eigenvalue weighted by Gasteiger charge is -2.43. The molecule has 1 aromatic carbocycles. The number of aliphatic hydroxyl groups is 1. The van der Waals surface area contributed by atoms with Gasteiger partial charge in [-0.05, 0) is 61.4 Å². The number of likely N-dealkylation sites (tertiary alicyclic amines) is 1. The molecule has 38 heavy (non-hydrogen) atoms. The molecular formula is C25H33F3N4O4S2. The Bertz CT molecular complexity index is 1170. The highest BCUT2D eigenvalue weighted by atomic mass is 32.2. The number of nitrogens with zero attached hydrogens (tertiary/aromatic N) is 3. The van der Waals surface area contributed by atoms with Crippen LogP contribution in [0.15, 0.2) is 46.0 Å². The van der Waals surface area contributed by atoms with E-state index in [1.165, 1.54) is 27.8 Å². The van der Waals surface area contributed by atoms with Crippen LogP contribution in [0.4, 0.5) is 18.9 Å². The summed E-state index contributed by atoms with van der Waals surface area (Å²) in [5.41, 5.74) is -2.54. The lowest BCUT2D eigenvalue weighted by Crippen LogP contribution is -2.58. The molecule has 8 nitrogen and oxygen atoms in total. The Morgan fingerprint density at radius 3 is 2.53 bits per heavy atom. The number of sulfonamides is 1. The predicted octanol–water partition coefficient (Wildman–Crippen LogP) is 3.73. The Kier molecular flexibility index (Phi) is 8.72. The number of ether oxygens (including phenoxy) is 1.